The Morgan fingerprint density at radius 1 is 0.784 bits per heavy atom. The molecule has 0 saturated heterocycles. The van der Waals surface area contributed by atoms with Crippen molar-refractivity contribution < 1.29 is 31.1 Å². The maximum Gasteiger partial charge on any atom is 0.426 e. The average Bonchev–Trinajstić information content (AvgIpc) is 2.87. The van der Waals surface area contributed by atoms with E-state index in [0.29, 0.717) is 24.1 Å². The quantitative estimate of drug-likeness (QED) is 0.311. The number of ether oxygens (including phenoxy) is 1. The molecule has 4 rings (SSSR count). The molecule has 0 radical (unpaired) electrons. The van der Waals surface area contributed by atoms with Crippen molar-refractivity contribution in [3.63, 3.8) is 0 Å². The van der Waals surface area contributed by atoms with Gasteiger partial charge in [-0.15, -0.1) is 0 Å². The van der Waals surface area contributed by atoms with Crippen LogP contribution in [0.4, 0.5) is 26.3 Å². The molecule has 0 heterocycles. The van der Waals surface area contributed by atoms with Crippen molar-refractivity contribution in [3.8, 4) is 5.75 Å². The van der Waals surface area contributed by atoms with E-state index in [0.717, 1.165) is 36.2 Å². The van der Waals surface area contributed by atoms with E-state index in [9.17, 15) is 26.3 Å². The summed E-state index contributed by atoms with van der Waals surface area (Å²) >= 11 is 0. The Kier molecular flexibility index (Phi) is 8.80. The Hall–Kier alpha value is -2.18. The third-order valence-corrected chi connectivity index (χ3v) is 8.51. The summed E-state index contributed by atoms with van der Waals surface area (Å²) in [6, 6.07) is 7.39. The number of unbranched alkanes of at least 4 members (excludes halogenated alkanes) is 1. The maximum absolute atomic E-state index is 14.7. The van der Waals surface area contributed by atoms with Crippen molar-refractivity contribution in [3.05, 3.63) is 65.0 Å². The second kappa shape index (κ2) is 11.7. The summed E-state index contributed by atoms with van der Waals surface area (Å²) in [5, 5.41) is 0. The second-order valence-corrected chi connectivity index (χ2v) is 10.9. The normalized spacial score (nSPS) is 25.2. The van der Waals surface area contributed by atoms with Crippen molar-refractivity contribution in [1.82, 2.24) is 0 Å². The topological polar surface area (TPSA) is 9.23 Å². The summed E-state index contributed by atoms with van der Waals surface area (Å²) in [4.78, 5) is 0. The fraction of sp³-hybridized carbons (Fsp3) is 0.600. The van der Waals surface area contributed by atoms with Crippen LogP contribution in [0.1, 0.15) is 100 Å². The molecule has 0 N–H and O–H groups in total. The molecule has 204 valence electrons. The van der Waals surface area contributed by atoms with Gasteiger partial charge in [-0.25, -0.2) is 4.39 Å². The molecule has 2 aliphatic carbocycles. The van der Waals surface area contributed by atoms with E-state index in [2.05, 4.69) is 11.7 Å². The van der Waals surface area contributed by atoms with Crippen molar-refractivity contribution in [2.75, 3.05) is 0 Å². The van der Waals surface area contributed by atoms with Gasteiger partial charge in [0.2, 0.25) is 0 Å². The third kappa shape index (κ3) is 7.02. The summed E-state index contributed by atoms with van der Waals surface area (Å²) in [7, 11) is 0. The van der Waals surface area contributed by atoms with Gasteiger partial charge in [0.25, 0.3) is 0 Å². The van der Waals surface area contributed by atoms with E-state index < -0.39 is 35.0 Å². The van der Waals surface area contributed by atoms with Gasteiger partial charge in [0.1, 0.15) is 11.6 Å². The minimum atomic E-state index is -4.91. The molecule has 37 heavy (non-hydrogen) atoms. The van der Waals surface area contributed by atoms with Crippen LogP contribution in [0, 0.1) is 23.6 Å². The van der Waals surface area contributed by atoms with Crippen LogP contribution in [0.2, 0.25) is 0 Å². The Balaban J connectivity index is 1.30. The molecule has 2 saturated carbocycles. The van der Waals surface area contributed by atoms with E-state index in [1.807, 2.05) is 0 Å². The zero-order chi connectivity index (χ0) is 26.6. The molecule has 0 amide bonds. The minimum Gasteiger partial charge on any atom is -0.429 e. The van der Waals surface area contributed by atoms with Crippen LogP contribution < -0.4 is 4.74 Å². The summed E-state index contributed by atoms with van der Waals surface area (Å²) < 4.78 is 85.8. The number of hydrogen-bond donors (Lipinski definition) is 0. The Bertz CT molecular complexity index is 1000. The first kappa shape index (κ1) is 27.8. The summed E-state index contributed by atoms with van der Waals surface area (Å²) in [6.07, 6.45) is 5.14. The lowest BCUT2D eigenvalue weighted by molar-refractivity contribution is -0.185. The molecule has 2 aromatic rings. The highest BCUT2D eigenvalue weighted by Gasteiger charge is 2.38. The first-order chi connectivity index (χ1) is 17.6. The van der Waals surface area contributed by atoms with E-state index >= 15 is 0 Å². The van der Waals surface area contributed by atoms with Gasteiger partial charge in [0, 0.05) is 6.07 Å². The predicted molar refractivity (Wildman–Crippen MR) is 132 cm³/mol. The molecule has 0 unspecified atom stereocenters. The Morgan fingerprint density at radius 2 is 1.38 bits per heavy atom. The maximum atomic E-state index is 14.7. The molecule has 0 aromatic heterocycles. The van der Waals surface area contributed by atoms with Gasteiger partial charge in [0.05, 0.1) is 11.1 Å². The van der Waals surface area contributed by atoms with Crippen LogP contribution in [-0.2, 0) is 12.3 Å². The fourth-order valence-electron chi connectivity index (χ4n) is 6.31. The summed E-state index contributed by atoms with van der Waals surface area (Å²) in [5.74, 6) is 0.515. The van der Waals surface area contributed by atoms with E-state index in [1.165, 1.54) is 69.9 Å². The Morgan fingerprint density at radius 3 is 1.92 bits per heavy atom. The largest absolute Gasteiger partial charge is 0.429 e. The first-order valence-corrected chi connectivity index (χ1v) is 13.6. The van der Waals surface area contributed by atoms with Crippen LogP contribution in [0.15, 0.2) is 42.5 Å². The Labute approximate surface area is 215 Å². The standard InChI is InChI=1S/C30H36F6O/c1-2-3-4-20-5-7-21(8-6-20)22-9-11-23(12-10-22)24-13-15-25(16-14-24)30(35,36)37-26-17-18-27(28(31)19-26)29(32,33)34/h13-23H,2-12H2,1H3/t20-,21-,22-,23-. The lowest BCUT2D eigenvalue weighted by Crippen LogP contribution is -2.25. The van der Waals surface area contributed by atoms with E-state index in [4.69, 9.17) is 0 Å². The van der Waals surface area contributed by atoms with Crippen molar-refractivity contribution in [2.45, 2.75) is 95.8 Å². The highest BCUT2D eigenvalue weighted by atomic mass is 19.4. The molecule has 2 fully saturated rings. The molecular weight excluding hydrogens is 490 g/mol. The summed E-state index contributed by atoms with van der Waals surface area (Å²) in [5.41, 5.74) is -0.936. The van der Waals surface area contributed by atoms with Gasteiger partial charge in [-0.3, -0.25) is 0 Å². The zero-order valence-corrected chi connectivity index (χ0v) is 21.3. The van der Waals surface area contributed by atoms with Crippen molar-refractivity contribution >= 4 is 0 Å². The van der Waals surface area contributed by atoms with Crippen LogP contribution in [-0.4, -0.2) is 0 Å². The van der Waals surface area contributed by atoms with Gasteiger partial charge in [-0.1, -0.05) is 51.2 Å². The van der Waals surface area contributed by atoms with Crippen molar-refractivity contribution in [1.29, 1.82) is 0 Å². The molecule has 1 nitrogen and oxygen atoms in total. The smallest absolute Gasteiger partial charge is 0.426 e. The number of hydrogen-bond acceptors (Lipinski definition) is 1. The number of alkyl halides is 5. The monoisotopic (exact) mass is 526 g/mol. The zero-order valence-electron chi connectivity index (χ0n) is 21.3. The average molecular weight is 527 g/mol. The second-order valence-electron chi connectivity index (χ2n) is 10.9. The highest BCUT2D eigenvalue weighted by Crippen LogP contribution is 2.45. The minimum absolute atomic E-state index is 0.335. The predicted octanol–water partition coefficient (Wildman–Crippen LogP) is 10.2. The number of halogens is 6. The molecule has 2 aliphatic rings. The van der Waals surface area contributed by atoms with Gasteiger partial charge in [-0.2, -0.15) is 22.0 Å². The van der Waals surface area contributed by atoms with Gasteiger partial charge in [-0.05, 0) is 92.0 Å². The van der Waals surface area contributed by atoms with Crippen LogP contribution in [0.5, 0.6) is 5.75 Å². The molecule has 0 atom stereocenters. The van der Waals surface area contributed by atoms with Crippen molar-refractivity contribution in [2.24, 2.45) is 17.8 Å². The SMILES string of the molecule is CCCC[C@H]1CC[C@H]([C@H]2CC[C@H](c3ccc(C(F)(F)Oc4ccc(C(F)(F)F)c(F)c4)cc3)CC2)CC1. The highest BCUT2D eigenvalue weighted by molar-refractivity contribution is 5.33. The molecule has 0 bridgehead atoms. The summed E-state index contributed by atoms with van der Waals surface area (Å²) in [6.45, 7) is 2.25. The number of benzene rings is 2. The van der Waals surface area contributed by atoms with Gasteiger partial charge >= 0.3 is 12.3 Å². The molecular formula is C30H36F6O. The van der Waals surface area contributed by atoms with Crippen LogP contribution in [0.25, 0.3) is 0 Å². The fourth-order valence-corrected chi connectivity index (χ4v) is 6.31. The molecule has 2 aromatic carbocycles. The van der Waals surface area contributed by atoms with Crippen LogP contribution in [0.3, 0.4) is 0 Å². The number of rotatable bonds is 8. The van der Waals surface area contributed by atoms with E-state index in [1.54, 1.807) is 12.1 Å². The van der Waals surface area contributed by atoms with Gasteiger partial charge in [0.15, 0.2) is 0 Å². The van der Waals surface area contributed by atoms with Crippen LogP contribution >= 0.6 is 0 Å². The van der Waals surface area contributed by atoms with E-state index in [-0.39, 0.29) is 0 Å². The van der Waals surface area contributed by atoms with Gasteiger partial charge < -0.3 is 4.74 Å². The molecule has 0 aliphatic heterocycles. The molecule has 7 heteroatoms. The third-order valence-electron chi connectivity index (χ3n) is 8.51. The molecule has 0 spiro atoms. The first-order valence-electron chi connectivity index (χ1n) is 13.6. The lowest BCUT2D eigenvalue weighted by Gasteiger charge is -2.38. The lowest BCUT2D eigenvalue weighted by atomic mass is 9.68.